The van der Waals surface area contributed by atoms with Crippen LogP contribution < -0.4 is 5.32 Å². The van der Waals surface area contributed by atoms with Gasteiger partial charge < -0.3 is 5.32 Å². The number of nitrogens with one attached hydrogen (secondary N) is 1. The van der Waals surface area contributed by atoms with Gasteiger partial charge >= 0.3 is 0 Å². The predicted molar refractivity (Wildman–Crippen MR) is 119 cm³/mol. The van der Waals surface area contributed by atoms with Crippen molar-refractivity contribution in [1.82, 2.24) is 0 Å². The molecular formula is C25H21ClN2O. The average Bonchev–Trinajstić information content (AvgIpc) is 2.68. The van der Waals surface area contributed by atoms with Crippen LogP contribution in [0.3, 0.4) is 0 Å². The summed E-state index contributed by atoms with van der Waals surface area (Å²) >= 11 is 6.10. The molecule has 4 heteroatoms. The van der Waals surface area contributed by atoms with Crippen molar-refractivity contribution in [3.63, 3.8) is 0 Å². The van der Waals surface area contributed by atoms with E-state index in [1.54, 1.807) is 30.3 Å². The Bertz CT molecular complexity index is 1110. The highest BCUT2D eigenvalue weighted by atomic mass is 35.5. The number of carbonyl (C=O) groups is 1. The number of hydrogen-bond acceptors (Lipinski definition) is 2. The third-order valence-electron chi connectivity index (χ3n) is 4.52. The van der Waals surface area contributed by atoms with E-state index in [0.717, 1.165) is 17.5 Å². The molecule has 0 aliphatic rings. The lowest BCUT2D eigenvalue weighted by molar-refractivity contribution is -0.112. The summed E-state index contributed by atoms with van der Waals surface area (Å²) in [6.45, 7) is 4.16. The number of anilines is 1. The Morgan fingerprint density at radius 1 is 1.03 bits per heavy atom. The minimum atomic E-state index is -0.484. The van der Waals surface area contributed by atoms with E-state index in [1.807, 2.05) is 30.3 Å². The van der Waals surface area contributed by atoms with Gasteiger partial charge in [0.05, 0.1) is 10.7 Å². The van der Waals surface area contributed by atoms with Crippen molar-refractivity contribution in [2.75, 3.05) is 5.32 Å². The fraction of sp³-hybridized carbons (Fsp3) is 0.120. The van der Waals surface area contributed by atoms with Crippen LogP contribution in [0, 0.1) is 25.2 Å². The fourth-order valence-electron chi connectivity index (χ4n) is 3.28. The lowest BCUT2D eigenvalue weighted by Crippen LogP contribution is -2.13. The Balaban J connectivity index is 1.89. The maximum atomic E-state index is 12.6. The molecule has 3 rings (SSSR count). The number of hydrogen-bond donors (Lipinski definition) is 1. The number of nitrogens with zero attached hydrogens (tertiary/aromatic N) is 1. The van der Waals surface area contributed by atoms with Gasteiger partial charge in [0.25, 0.3) is 5.91 Å². The highest BCUT2D eigenvalue weighted by molar-refractivity contribution is 6.34. The highest BCUT2D eigenvalue weighted by Gasteiger charge is 2.12. The molecule has 144 valence electrons. The number of nitriles is 1. The van der Waals surface area contributed by atoms with Gasteiger partial charge in [-0.1, -0.05) is 77.3 Å². The molecule has 0 unspecified atom stereocenters. The number of aryl methyl sites for hydroxylation is 2. The summed E-state index contributed by atoms with van der Waals surface area (Å²) in [5.41, 5.74) is 6.02. The first-order valence-corrected chi connectivity index (χ1v) is 9.67. The summed E-state index contributed by atoms with van der Waals surface area (Å²) in [7, 11) is 0. The van der Waals surface area contributed by atoms with Crippen molar-refractivity contribution in [3.05, 3.63) is 105 Å². The van der Waals surface area contributed by atoms with E-state index in [9.17, 15) is 10.1 Å². The van der Waals surface area contributed by atoms with Gasteiger partial charge in [-0.05, 0) is 55.2 Å². The topological polar surface area (TPSA) is 52.9 Å². The molecule has 0 aliphatic heterocycles. The Morgan fingerprint density at radius 3 is 2.38 bits per heavy atom. The van der Waals surface area contributed by atoms with Crippen LogP contribution in [0.2, 0.25) is 5.02 Å². The summed E-state index contributed by atoms with van der Waals surface area (Å²) in [4.78, 5) is 12.6. The zero-order chi connectivity index (χ0) is 20.8. The maximum Gasteiger partial charge on any atom is 0.266 e. The monoisotopic (exact) mass is 400 g/mol. The Kier molecular flexibility index (Phi) is 6.49. The van der Waals surface area contributed by atoms with Crippen LogP contribution in [0.15, 0.2) is 72.3 Å². The summed E-state index contributed by atoms with van der Waals surface area (Å²) in [5.74, 6) is -0.484. The van der Waals surface area contributed by atoms with Gasteiger partial charge in [0, 0.05) is 0 Å². The van der Waals surface area contributed by atoms with Crippen LogP contribution in [0.4, 0.5) is 5.69 Å². The van der Waals surface area contributed by atoms with Gasteiger partial charge in [-0.25, -0.2) is 0 Å². The molecule has 1 amide bonds. The number of rotatable bonds is 5. The zero-order valence-electron chi connectivity index (χ0n) is 16.4. The molecule has 0 saturated heterocycles. The largest absolute Gasteiger partial charge is 0.320 e. The second-order valence-corrected chi connectivity index (χ2v) is 7.38. The second-order valence-electron chi connectivity index (χ2n) is 6.98. The summed E-state index contributed by atoms with van der Waals surface area (Å²) in [5, 5.41) is 12.7. The first-order valence-electron chi connectivity index (χ1n) is 9.29. The number of halogens is 1. The normalized spacial score (nSPS) is 11.0. The summed E-state index contributed by atoms with van der Waals surface area (Å²) in [6, 6.07) is 23.2. The lowest BCUT2D eigenvalue weighted by Gasteiger charge is -2.10. The quantitative estimate of drug-likeness (QED) is 0.416. The molecule has 0 saturated carbocycles. The van der Waals surface area contributed by atoms with Gasteiger partial charge in [-0.15, -0.1) is 0 Å². The molecule has 0 spiro atoms. The smallest absolute Gasteiger partial charge is 0.266 e. The zero-order valence-corrected chi connectivity index (χ0v) is 17.1. The Morgan fingerprint density at radius 2 is 1.69 bits per heavy atom. The van der Waals surface area contributed by atoms with Gasteiger partial charge in [0.2, 0.25) is 0 Å². The van der Waals surface area contributed by atoms with E-state index < -0.39 is 5.91 Å². The molecule has 0 aliphatic carbocycles. The first kappa shape index (κ1) is 20.4. The van der Waals surface area contributed by atoms with Crippen molar-refractivity contribution in [2.24, 2.45) is 0 Å². The van der Waals surface area contributed by atoms with E-state index in [1.165, 1.54) is 16.7 Å². The Hall–Kier alpha value is -3.35. The minimum Gasteiger partial charge on any atom is -0.320 e. The molecule has 1 N–H and O–H groups in total. The minimum absolute atomic E-state index is 0.0257. The predicted octanol–water partition coefficient (Wildman–Crippen LogP) is 6.09. The van der Waals surface area contributed by atoms with Crippen molar-refractivity contribution >= 4 is 29.3 Å². The average molecular weight is 401 g/mol. The van der Waals surface area contributed by atoms with E-state index in [2.05, 4.69) is 37.4 Å². The molecule has 3 aromatic rings. The van der Waals surface area contributed by atoms with E-state index in [4.69, 9.17) is 11.6 Å². The van der Waals surface area contributed by atoms with Crippen molar-refractivity contribution in [3.8, 4) is 6.07 Å². The number of para-hydroxylation sites is 1. The van der Waals surface area contributed by atoms with Crippen molar-refractivity contribution < 1.29 is 4.79 Å². The molecule has 0 fully saturated rings. The molecule has 0 aromatic heterocycles. The molecular weight excluding hydrogens is 380 g/mol. The van der Waals surface area contributed by atoms with Crippen LogP contribution in [0.5, 0.6) is 0 Å². The number of carbonyl (C=O) groups excluding carboxylic acids is 1. The van der Waals surface area contributed by atoms with Gasteiger partial charge in [0.15, 0.2) is 0 Å². The van der Waals surface area contributed by atoms with E-state index in [-0.39, 0.29) is 5.57 Å². The molecule has 29 heavy (non-hydrogen) atoms. The SMILES string of the molecule is Cc1cc(C)cc(Cc2ccccc2/C=C(\C#N)C(=O)Nc2ccccc2Cl)c1. The second kappa shape index (κ2) is 9.23. The van der Waals surface area contributed by atoms with E-state index in [0.29, 0.717) is 10.7 Å². The standard InChI is InChI=1S/C25H21ClN2O/c1-17-11-18(2)13-19(12-17)14-20-7-3-4-8-21(20)15-22(16-27)25(29)28-24-10-6-5-9-23(24)26/h3-13,15H,14H2,1-2H3,(H,28,29)/b22-15+. The first-order chi connectivity index (χ1) is 14.0. The van der Waals surface area contributed by atoms with Crippen LogP contribution in [-0.2, 0) is 11.2 Å². The molecule has 0 bridgehead atoms. The summed E-state index contributed by atoms with van der Waals surface area (Å²) < 4.78 is 0. The van der Waals surface area contributed by atoms with Gasteiger partial charge in [-0.2, -0.15) is 5.26 Å². The lowest BCUT2D eigenvalue weighted by atomic mass is 9.96. The molecule has 0 radical (unpaired) electrons. The molecule has 0 heterocycles. The van der Waals surface area contributed by atoms with Gasteiger partial charge in [-0.3, -0.25) is 4.79 Å². The number of amides is 1. The van der Waals surface area contributed by atoms with Crippen LogP contribution in [0.25, 0.3) is 6.08 Å². The van der Waals surface area contributed by atoms with Crippen LogP contribution in [0.1, 0.15) is 27.8 Å². The number of benzene rings is 3. The molecule has 3 nitrogen and oxygen atoms in total. The molecule has 3 aromatic carbocycles. The highest BCUT2D eigenvalue weighted by Crippen LogP contribution is 2.22. The maximum absolute atomic E-state index is 12.6. The third-order valence-corrected chi connectivity index (χ3v) is 4.85. The Labute approximate surface area is 176 Å². The third kappa shape index (κ3) is 5.34. The van der Waals surface area contributed by atoms with Crippen LogP contribution in [-0.4, -0.2) is 5.91 Å². The summed E-state index contributed by atoms with van der Waals surface area (Å²) in [6.07, 6.45) is 2.35. The van der Waals surface area contributed by atoms with Crippen molar-refractivity contribution in [2.45, 2.75) is 20.3 Å². The van der Waals surface area contributed by atoms with Crippen LogP contribution >= 0.6 is 11.6 Å². The fourth-order valence-corrected chi connectivity index (χ4v) is 3.47. The van der Waals surface area contributed by atoms with Gasteiger partial charge in [0.1, 0.15) is 11.6 Å². The molecule has 0 atom stereocenters. The van der Waals surface area contributed by atoms with E-state index >= 15 is 0 Å². The van der Waals surface area contributed by atoms with Crippen molar-refractivity contribution in [1.29, 1.82) is 5.26 Å².